The number of carboxylic acid groups (broad SMARTS) is 1. The van der Waals surface area contributed by atoms with Gasteiger partial charge in [0.1, 0.15) is 6.04 Å². The highest BCUT2D eigenvalue weighted by molar-refractivity contribution is 5.83. The Bertz CT molecular complexity index is 291. The quantitative estimate of drug-likeness (QED) is 0.714. The highest BCUT2D eigenvalue weighted by Gasteiger charge is 2.38. The van der Waals surface area contributed by atoms with E-state index in [2.05, 4.69) is 5.32 Å². The molecule has 0 spiro atoms. The lowest BCUT2D eigenvalue weighted by molar-refractivity contribution is -0.139. The van der Waals surface area contributed by atoms with E-state index in [1.165, 1.54) is 4.90 Å². The summed E-state index contributed by atoms with van der Waals surface area (Å²) in [6.07, 6.45) is 1.74. The summed E-state index contributed by atoms with van der Waals surface area (Å²) in [5.41, 5.74) is 0. The van der Waals surface area contributed by atoms with Gasteiger partial charge in [-0.25, -0.2) is 9.59 Å². The molecule has 1 fully saturated rings. The Hall–Kier alpha value is -1.30. The first kappa shape index (κ1) is 13.8. The van der Waals surface area contributed by atoms with Gasteiger partial charge in [0.2, 0.25) is 0 Å². The van der Waals surface area contributed by atoms with Crippen molar-refractivity contribution in [1.82, 2.24) is 10.2 Å². The zero-order valence-electron chi connectivity index (χ0n) is 10.5. The van der Waals surface area contributed by atoms with Crippen molar-refractivity contribution in [2.75, 3.05) is 20.8 Å². The Balaban J connectivity index is 2.48. The van der Waals surface area contributed by atoms with E-state index in [4.69, 9.17) is 9.84 Å². The zero-order valence-corrected chi connectivity index (χ0v) is 10.5. The van der Waals surface area contributed by atoms with Crippen LogP contribution in [0.25, 0.3) is 0 Å². The highest BCUT2D eigenvalue weighted by atomic mass is 16.5. The van der Waals surface area contributed by atoms with Crippen molar-refractivity contribution in [3.63, 3.8) is 0 Å². The van der Waals surface area contributed by atoms with Gasteiger partial charge in [-0.2, -0.15) is 0 Å². The number of hydrogen-bond acceptors (Lipinski definition) is 3. The molecule has 6 heteroatoms. The molecule has 2 atom stereocenters. The van der Waals surface area contributed by atoms with Crippen LogP contribution in [-0.4, -0.2) is 54.9 Å². The number of carboxylic acids is 1. The highest BCUT2D eigenvalue weighted by Crippen LogP contribution is 2.32. The van der Waals surface area contributed by atoms with Crippen LogP contribution in [-0.2, 0) is 9.53 Å². The molecular formula is C11H20N2O4. The van der Waals surface area contributed by atoms with Crippen molar-refractivity contribution in [3.05, 3.63) is 0 Å². The van der Waals surface area contributed by atoms with Gasteiger partial charge in [-0.05, 0) is 25.7 Å². The van der Waals surface area contributed by atoms with Crippen LogP contribution in [0.5, 0.6) is 0 Å². The third kappa shape index (κ3) is 3.89. The molecule has 0 saturated heterocycles. The number of nitrogens with zero attached hydrogens (tertiary/aromatic N) is 1. The Kier molecular flexibility index (Phi) is 4.74. The van der Waals surface area contributed by atoms with E-state index in [0.717, 1.165) is 12.8 Å². The zero-order chi connectivity index (χ0) is 13.0. The molecule has 1 rings (SSSR count). The van der Waals surface area contributed by atoms with Crippen molar-refractivity contribution in [1.29, 1.82) is 0 Å². The fourth-order valence-electron chi connectivity index (χ4n) is 1.60. The Labute approximate surface area is 101 Å². The molecule has 0 aliphatic heterocycles. The van der Waals surface area contributed by atoms with Crippen LogP contribution in [0.1, 0.15) is 19.8 Å². The number of carbonyl (C=O) groups is 2. The summed E-state index contributed by atoms with van der Waals surface area (Å²) >= 11 is 0. The average molecular weight is 244 g/mol. The second-order valence-electron chi connectivity index (χ2n) is 4.52. The summed E-state index contributed by atoms with van der Waals surface area (Å²) in [4.78, 5) is 24.2. The van der Waals surface area contributed by atoms with Crippen molar-refractivity contribution >= 4 is 12.0 Å². The molecule has 0 aromatic carbocycles. The predicted molar refractivity (Wildman–Crippen MR) is 61.8 cm³/mol. The van der Waals surface area contributed by atoms with Crippen LogP contribution in [0.3, 0.4) is 0 Å². The number of rotatable bonds is 6. The number of amides is 2. The maximum Gasteiger partial charge on any atom is 0.326 e. The number of urea groups is 1. The monoisotopic (exact) mass is 244 g/mol. The number of aliphatic carboxylic acids is 1. The van der Waals surface area contributed by atoms with E-state index < -0.39 is 12.0 Å². The van der Waals surface area contributed by atoms with Gasteiger partial charge in [-0.15, -0.1) is 0 Å². The number of carbonyl (C=O) groups excluding carboxylic acids is 1. The lowest BCUT2D eigenvalue weighted by Gasteiger charge is -2.26. The van der Waals surface area contributed by atoms with E-state index in [0.29, 0.717) is 6.61 Å². The molecule has 0 bridgehead atoms. The van der Waals surface area contributed by atoms with E-state index in [1.807, 2.05) is 6.92 Å². The van der Waals surface area contributed by atoms with Gasteiger partial charge in [-0.1, -0.05) is 0 Å². The third-order valence-corrected chi connectivity index (χ3v) is 3.03. The van der Waals surface area contributed by atoms with Gasteiger partial charge >= 0.3 is 12.0 Å². The van der Waals surface area contributed by atoms with Crippen LogP contribution in [0.2, 0.25) is 0 Å². The standard InChI is InChI=1S/C11H20N2O4/c1-7(6-17-3)13(2)11(16)12-9(10(14)15)8-4-5-8/h7-9H,4-6H2,1-3H3,(H,12,16)(H,14,15). The lowest BCUT2D eigenvalue weighted by atomic mass is 10.2. The van der Waals surface area contributed by atoms with Gasteiger partial charge in [0.25, 0.3) is 0 Å². The van der Waals surface area contributed by atoms with E-state index >= 15 is 0 Å². The smallest absolute Gasteiger partial charge is 0.326 e. The summed E-state index contributed by atoms with van der Waals surface area (Å²) in [6, 6.07) is -1.22. The van der Waals surface area contributed by atoms with Crippen LogP contribution < -0.4 is 5.32 Å². The molecule has 98 valence electrons. The van der Waals surface area contributed by atoms with Crippen molar-refractivity contribution in [2.45, 2.75) is 31.8 Å². The second kappa shape index (κ2) is 5.86. The first-order valence-electron chi connectivity index (χ1n) is 5.72. The molecule has 2 N–H and O–H groups in total. The van der Waals surface area contributed by atoms with Crippen LogP contribution in [0.15, 0.2) is 0 Å². The van der Waals surface area contributed by atoms with Crippen molar-refractivity contribution in [2.24, 2.45) is 5.92 Å². The molecule has 0 heterocycles. The van der Waals surface area contributed by atoms with Gasteiger partial charge in [0, 0.05) is 14.2 Å². The molecule has 0 aromatic rings. The molecule has 1 saturated carbocycles. The fraction of sp³-hybridized carbons (Fsp3) is 0.818. The summed E-state index contributed by atoms with van der Waals surface area (Å²) in [7, 11) is 3.19. The Morgan fingerprint density at radius 1 is 1.53 bits per heavy atom. The summed E-state index contributed by atoms with van der Waals surface area (Å²) in [5.74, 6) is -0.878. The molecular weight excluding hydrogens is 224 g/mol. The van der Waals surface area contributed by atoms with Crippen LogP contribution in [0, 0.1) is 5.92 Å². The predicted octanol–water partition coefficient (Wildman–Crippen LogP) is 0.526. The fourth-order valence-corrected chi connectivity index (χ4v) is 1.60. The Morgan fingerprint density at radius 2 is 2.12 bits per heavy atom. The minimum Gasteiger partial charge on any atom is -0.480 e. The maximum absolute atomic E-state index is 11.8. The number of hydrogen-bond donors (Lipinski definition) is 2. The Morgan fingerprint density at radius 3 is 2.53 bits per heavy atom. The first-order valence-corrected chi connectivity index (χ1v) is 5.72. The lowest BCUT2D eigenvalue weighted by Crippen LogP contribution is -2.50. The first-order chi connectivity index (χ1) is 7.97. The molecule has 1 aliphatic carbocycles. The molecule has 1 aliphatic rings. The van der Waals surface area contributed by atoms with E-state index in [1.54, 1.807) is 14.2 Å². The number of nitrogens with one attached hydrogen (secondary N) is 1. The largest absolute Gasteiger partial charge is 0.480 e. The molecule has 2 unspecified atom stereocenters. The van der Waals surface area contributed by atoms with Crippen molar-refractivity contribution in [3.8, 4) is 0 Å². The van der Waals surface area contributed by atoms with Crippen LogP contribution >= 0.6 is 0 Å². The number of ether oxygens (including phenoxy) is 1. The minimum atomic E-state index is -0.964. The maximum atomic E-state index is 11.8. The van der Waals surface area contributed by atoms with E-state index in [-0.39, 0.29) is 18.0 Å². The summed E-state index contributed by atoms with van der Waals surface area (Å²) in [6.45, 7) is 2.26. The topological polar surface area (TPSA) is 78.9 Å². The molecule has 0 aromatic heterocycles. The van der Waals surface area contributed by atoms with Gasteiger partial charge in [0.05, 0.1) is 12.6 Å². The SMILES string of the molecule is COCC(C)N(C)C(=O)NC(C(=O)O)C1CC1. The molecule has 2 amide bonds. The molecule has 6 nitrogen and oxygen atoms in total. The van der Waals surface area contributed by atoms with Gasteiger partial charge in [0.15, 0.2) is 0 Å². The number of likely N-dealkylation sites (N-methyl/N-ethyl adjacent to an activating group) is 1. The van der Waals surface area contributed by atoms with E-state index in [9.17, 15) is 9.59 Å². The van der Waals surface area contributed by atoms with Gasteiger partial charge in [-0.3, -0.25) is 0 Å². The summed E-state index contributed by atoms with van der Waals surface area (Å²) in [5, 5.41) is 11.5. The second-order valence-corrected chi connectivity index (χ2v) is 4.52. The number of methoxy groups -OCH3 is 1. The molecule has 17 heavy (non-hydrogen) atoms. The third-order valence-electron chi connectivity index (χ3n) is 3.03. The normalized spacial score (nSPS) is 18.3. The molecule has 0 radical (unpaired) electrons. The minimum absolute atomic E-state index is 0.0857. The summed E-state index contributed by atoms with van der Waals surface area (Å²) < 4.78 is 4.95. The van der Waals surface area contributed by atoms with Crippen molar-refractivity contribution < 1.29 is 19.4 Å². The van der Waals surface area contributed by atoms with Crippen LogP contribution in [0.4, 0.5) is 4.79 Å². The van der Waals surface area contributed by atoms with Gasteiger partial charge < -0.3 is 20.1 Å². The average Bonchev–Trinajstić information content (AvgIpc) is 3.08.